The lowest BCUT2D eigenvalue weighted by atomic mass is 10.2. The van der Waals surface area contributed by atoms with Gasteiger partial charge in [-0.05, 0) is 12.1 Å². The van der Waals surface area contributed by atoms with Crippen LogP contribution in [0.3, 0.4) is 0 Å². The van der Waals surface area contributed by atoms with Gasteiger partial charge in [-0.1, -0.05) is 0 Å². The third-order valence-corrected chi connectivity index (χ3v) is 2.30. The van der Waals surface area contributed by atoms with Gasteiger partial charge in [0.2, 0.25) is 6.33 Å². The molecule has 1 aromatic carbocycles. The van der Waals surface area contributed by atoms with E-state index in [1.807, 2.05) is 41.5 Å². The predicted molar refractivity (Wildman–Crippen MR) is 55.4 cm³/mol. The van der Waals surface area contributed by atoms with Crippen LogP contribution in [0.15, 0.2) is 49.3 Å². The first-order valence-corrected chi connectivity index (χ1v) is 4.69. The summed E-state index contributed by atoms with van der Waals surface area (Å²) in [6, 6.07) is 6.00. The molecule has 0 radical (unpaired) electrons. The van der Waals surface area contributed by atoms with E-state index in [9.17, 15) is 0 Å². The van der Waals surface area contributed by atoms with Crippen LogP contribution >= 0.6 is 0 Å². The van der Waals surface area contributed by atoms with Crippen molar-refractivity contribution < 1.29 is 4.57 Å². The Balaban J connectivity index is 2.22. The number of fused-ring (bicyclic) bond motifs is 1. The van der Waals surface area contributed by atoms with Crippen molar-refractivity contribution in [3.63, 3.8) is 0 Å². The van der Waals surface area contributed by atoms with E-state index in [0.717, 1.165) is 16.7 Å². The lowest BCUT2D eigenvalue weighted by Crippen LogP contribution is -2.26. The second-order valence-corrected chi connectivity index (χ2v) is 3.25. The van der Waals surface area contributed by atoms with Crippen molar-refractivity contribution in [3.05, 3.63) is 49.3 Å². The summed E-state index contributed by atoms with van der Waals surface area (Å²) in [4.78, 5) is 11.5. The molecular formula is C11H9N4+. The second kappa shape index (κ2) is 3.16. The van der Waals surface area contributed by atoms with E-state index in [1.165, 1.54) is 0 Å². The molecule has 2 heterocycles. The first-order valence-electron chi connectivity index (χ1n) is 4.69. The number of H-pyrrole nitrogens is 1. The molecule has 4 heteroatoms. The summed E-state index contributed by atoms with van der Waals surface area (Å²) in [6.45, 7) is 0. The zero-order chi connectivity index (χ0) is 10.1. The van der Waals surface area contributed by atoms with Crippen LogP contribution in [0.4, 0.5) is 0 Å². The molecule has 0 saturated carbocycles. The highest BCUT2D eigenvalue weighted by Crippen LogP contribution is 2.10. The molecule has 3 rings (SSSR count). The van der Waals surface area contributed by atoms with Crippen LogP contribution in [0.2, 0.25) is 0 Å². The molecule has 0 spiro atoms. The molecule has 0 unspecified atom stereocenters. The smallest absolute Gasteiger partial charge is 0.246 e. The summed E-state index contributed by atoms with van der Waals surface area (Å²) in [5, 5.41) is 0. The van der Waals surface area contributed by atoms with Gasteiger partial charge in [0.1, 0.15) is 18.1 Å². The molecule has 0 bridgehead atoms. The zero-order valence-electron chi connectivity index (χ0n) is 7.96. The number of nitrogens with zero attached hydrogens (tertiary/aromatic N) is 3. The minimum Gasteiger partial charge on any atom is -0.253 e. The minimum absolute atomic E-state index is 0.906. The predicted octanol–water partition coefficient (Wildman–Crippen LogP) is 1.23. The van der Waals surface area contributed by atoms with Crippen molar-refractivity contribution in [2.24, 2.45) is 0 Å². The maximum atomic E-state index is 4.27. The van der Waals surface area contributed by atoms with Crippen LogP contribution in [0.5, 0.6) is 0 Å². The van der Waals surface area contributed by atoms with E-state index in [-0.39, 0.29) is 0 Å². The van der Waals surface area contributed by atoms with Gasteiger partial charge in [-0.25, -0.2) is 9.55 Å². The average Bonchev–Trinajstić information content (AvgIpc) is 2.82. The summed E-state index contributed by atoms with van der Waals surface area (Å²) in [6.07, 6.45) is 9.12. The summed E-state index contributed by atoms with van der Waals surface area (Å²) in [5.41, 5.74) is 2.89. The fourth-order valence-electron chi connectivity index (χ4n) is 1.56. The molecule has 0 atom stereocenters. The van der Waals surface area contributed by atoms with Crippen LogP contribution in [0.1, 0.15) is 0 Å². The highest BCUT2D eigenvalue weighted by atomic mass is 15.0. The molecule has 1 N–H and O–H groups in total. The van der Waals surface area contributed by atoms with Crippen molar-refractivity contribution in [1.29, 1.82) is 0 Å². The number of aromatic amines is 1. The Kier molecular flexibility index (Phi) is 1.71. The number of rotatable bonds is 1. The largest absolute Gasteiger partial charge is 0.253 e. The molecule has 0 aliphatic heterocycles. The van der Waals surface area contributed by atoms with Gasteiger partial charge in [0.15, 0.2) is 0 Å². The van der Waals surface area contributed by atoms with E-state index in [1.54, 1.807) is 12.4 Å². The van der Waals surface area contributed by atoms with Gasteiger partial charge >= 0.3 is 0 Å². The normalized spacial score (nSPS) is 10.7. The Morgan fingerprint density at radius 2 is 1.93 bits per heavy atom. The molecular weight excluding hydrogens is 188 g/mol. The molecule has 72 valence electrons. The minimum atomic E-state index is 0.906. The monoisotopic (exact) mass is 197 g/mol. The molecule has 0 aliphatic rings. The first kappa shape index (κ1) is 8.11. The van der Waals surface area contributed by atoms with Crippen LogP contribution in [-0.4, -0.2) is 15.0 Å². The van der Waals surface area contributed by atoms with Crippen molar-refractivity contribution in [2.75, 3.05) is 0 Å². The van der Waals surface area contributed by atoms with Gasteiger partial charge in [0.05, 0.1) is 11.0 Å². The SMILES string of the molecule is c1cnc2cc(-[n+]3cc[nH]c3)ccc2n1. The van der Waals surface area contributed by atoms with E-state index in [4.69, 9.17) is 0 Å². The zero-order valence-corrected chi connectivity index (χ0v) is 7.96. The fourth-order valence-corrected chi connectivity index (χ4v) is 1.56. The summed E-state index contributed by atoms with van der Waals surface area (Å²) in [7, 11) is 0. The van der Waals surface area contributed by atoms with Gasteiger partial charge in [-0.15, -0.1) is 0 Å². The van der Waals surface area contributed by atoms with E-state index >= 15 is 0 Å². The third kappa shape index (κ3) is 1.36. The molecule has 0 saturated heterocycles. The van der Waals surface area contributed by atoms with Gasteiger partial charge in [-0.3, -0.25) is 9.97 Å². The van der Waals surface area contributed by atoms with E-state index < -0.39 is 0 Å². The third-order valence-electron chi connectivity index (χ3n) is 2.30. The van der Waals surface area contributed by atoms with E-state index in [0.29, 0.717) is 0 Å². The van der Waals surface area contributed by atoms with Crippen LogP contribution < -0.4 is 4.57 Å². The Hall–Kier alpha value is -2.23. The quantitative estimate of drug-likeness (QED) is 0.596. The number of hydrogen-bond donors (Lipinski definition) is 1. The molecule has 0 amide bonds. The highest BCUT2D eigenvalue weighted by molar-refractivity contribution is 5.75. The molecule has 4 nitrogen and oxygen atoms in total. The van der Waals surface area contributed by atoms with Crippen molar-refractivity contribution in [3.8, 4) is 5.69 Å². The van der Waals surface area contributed by atoms with Crippen molar-refractivity contribution >= 4 is 11.0 Å². The number of aromatic nitrogens is 4. The molecule has 0 fully saturated rings. The maximum Gasteiger partial charge on any atom is 0.246 e. The Morgan fingerprint density at radius 3 is 2.73 bits per heavy atom. The standard InChI is InChI=1S/C11H8N4/c1-2-10-11(14-4-3-13-10)7-9(1)15-6-5-12-8-15/h1-8H/p+1. The summed E-state index contributed by atoms with van der Waals surface area (Å²) in [5.74, 6) is 0. The molecule has 15 heavy (non-hydrogen) atoms. The number of nitrogens with one attached hydrogen (secondary N) is 1. The molecule has 3 aromatic rings. The lowest BCUT2D eigenvalue weighted by Gasteiger charge is -1.97. The first-order chi connectivity index (χ1) is 7.43. The highest BCUT2D eigenvalue weighted by Gasteiger charge is 2.03. The van der Waals surface area contributed by atoms with Crippen molar-refractivity contribution in [2.45, 2.75) is 0 Å². The fraction of sp³-hybridized carbons (Fsp3) is 0. The Bertz CT molecular complexity index is 586. The Labute approximate surface area is 86.2 Å². The van der Waals surface area contributed by atoms with Crippen LogP contribution in [-0.2, 0) is 0 Å². The Morgan fingerprint density at radius 1 is 1.07 bits per heavy atom. The average molecular weight is 197 g/mol. The number of hydrogen-bond acceptors (Lipinski definition) is 2. The van der Waals surface area contributed by atoms with Gasteiger partial charge in [0.25, 0.3) is 0 Å². The molecule has 2 aromatic heterocycles. The number of imidazole rings is 1. The number of benzene rings is 1. The van der Waals surface area contributed by atoms with Crippen molar-refractivity contribution in [1.82, 2.24) is 15.0 Å². The molecule has 0 aliphatic carbocycles. The topological polar surface area (TPSA) is 45.5 Å². The summed E-state index contributed by atoms with van der Waals surface area (Å²) >= 11 is 0. The van der Waals surface area contributed by atoms with Gasteiger partial charge in [-0.2, -0.15) is 0 Å². The maximum absolute atomic E-state index is 4.27. The van der Waals surface area contributed by atoms with Gasteiger partial charge < -0.3 is 0 Å². The van der Waals surface area contributed by atoms with Gasteiger partial charge in [0, 0.05) is 18.5 Å². The second-order valence-electron chi connectivity index (χ2n) is 3.25. The van der Waals surface area contributed by atoms with E-state index in [2.05, 4.69) is 15.0 Å². The summed E-state index contributed by atoms with van der Waals surface area (Å²) < 4.78 is 1.99. The van der Waals surface area contributed by atoms with Crippen LogP contribution in [0, 0.1) is 0 Å². The lowest BCUT2D eigenvalue weighted by molar-refractivity contribution is -0.594. The van der Waals surface area contributed by atoms with Crippen LogP contribution in [0.25, 0.3) is 16.7 Å².